The van der Waals surface area contributed by atoms with E-state index in [0.717, 1.165) is 5.01 Å². The van der Waals surface area contributed by atoms with Crippen LogP contribution in [0.4, 0.5) is 0 Å². The van der Waals surface area contributed by atoms with Gasteiger partial charge in [0.15, 0.2) is 11.5 Å². The lowest BCUT2D eigenvalue weighted by atomic mass is 9.98. The molecule has 0 saturated heterocycles. The molecule has 0 atom stereocenters. The fourth-order valence-corrected chi connectivity index (χ4v) is 3.37. The maximum atomic E-state index is 12.4. The number of aromatic nitrogens is 1. The molecule has 0 aliphatic carbocycles. The average molecular weight is 375 g/mol. The van der Waals surface area contributed by atoms with Gasteiger partial charge in [0.1, 0.15) is 18.1 Å². The van der Waals surface area contributed by atoms with Crippen molar-refractivity contribution in [2.75, 3.05) is 13.2 Å². The van der Waals surface area contributed by atoms with E-state index in [1.54, 1.807) is 25.1 Å². The van der Waals surface area contributed by atoms with E-state index in [0.29, 0.717) is 40.8 Å². The molecule has 2 heterocycles. The predicted octanol–water partition coefficient (Wildman–Crippen LogP) is 2.60. The van der Waals surface area contributed by atoms with Crippen molar-refractivity contribution in [2.45, 2.75) is 33.1 Å². The van der Waals surface area contributed by atoms with Gasteiger partial charge in [0.25, 0.3) is 11.8 Å². The Morgan fingerprint density at radius 2 is 1.73 bits per heavy atom. The largest absolute Gasteiger partial charge is 0.486 e. The van der Waals surface area contributed by atoms with Crippen molar-refractivity contribution in [3.8, 4) is 11.5 Å². The molecule has 0 saturated carbocycles. The van der Waals surface area contributed by atoms with Crippen LogP contribution in [-0.2, 0) is 5.41 Å². The minimum absolute atomic E-state index is 0.137. The number of carbonyl (C=O) groups excluding carboxylic acids is 2. The third-order valence-electron chi connectivity index (χ3n) is 3.74. The Labute approximate surface area is 155 Å². The van der Waals surface area contributed by atoms with E-state index in [1.807, 2.05) is 20.8 Å². The van der Waals surface area contributed by atoms with Crippen LogP contribution in [0.25, 0.3) is 0 Å². The molecule has 2 amide bonds. The van der Waals surface area contributed by atoms with E-state index in [1.165, 1.54) is 11.3 Å². The number of benzene rings is 1. The Hall–Kier alpha value is -2.61. The zero-order valence-electron chi connectivity index (χ0n) is 15.1. The van der Waals surface area contributed by atoms with Gasteiger partial charge in [-0.05, 0) is 25.1 Å². The minimum Gasteiger partial charge on any atom is -0.486 e. The minimum atomic E-state index is -0.437. The van der Waals surface area contributed by atoms with Crippen molar-refractivity contribution in [1.82, 2.24) is 15.8 Å². The number of rotatable bonds is 2. The molecule has 2 aromatic rings. The Kier molecular flexibility index (Phi) is 4.86. The zero-order chi connectivity index (χ0) is 18.9. The number of nitrogens with one attached hydrogen (secondary N) is 2. The van der Waals surface area contributed by atoms with Crippen LogP contribution in [0.5, 0.6) is 11.5 Å². The SMILES string of the molecule is Cc1nc(C(C)(C)C)sc1C(=O)NNC(=O)c1ccc2c(c1)OCCO2. The summed E-state index contributed by atoms with van der Waals surface area (Å²) in [7, 11) is 0. The second kappa shape index (κ2) is 6.95. The highest BCUT2D eigenvalue weighted by Gasteiger charge is 2.23. The van der Waals surface area contributed by atoms with Gasteiger partial charge in [0.2, 0.25) is 0 Å². The number of nitrogens with zero attached hydrogens (tertiary/aromatic N) is 1. The van der Waals surface area contributed by atoms with Gasteiger partial charge in [0.05, 0.1) is 10.7 Å². The summed E-state index contributed by atoms with van der Waals surface area (Å²) in [5.74, 6) is 0.296. The van der Waals surface area contributed by atoms with Gasteiger partial charge in [-0.3, -0.25) is 20.4 Å². The highest BCUT2D eigenvalue weighted by atomic mass is 32.1. The normalized spacial score (nSPS) is 13.2. The number of hydrogen-bond donors (Lipinski definition) is 2. The van der Waals surface area contributed by atoms with Gasteiger partial charge in [0, 0.05) is 11.0 Å². The van der Waals surface area contributed by atoms with Gasteiger partial charge >= 0.3 is 0 Å². The van der Waals surface area contributed by atoms with Gasteiger partial charge in [-0.2, -0.15) is 0 Å². The van der Waals surface area contributed by atoms with Crippen LogP contribution in [0.3, 0.4) is 0 Å². The van der Waals surface area contributed by atoms with Crippen LogP contribution < -0.4 is 20.3 Å². The fraction of sp³-hybridized carbons (Fsp3) is 0.389. The monoisotopic (exact) mass is 375 g/mol. The molecule has 0 radical (unpaired) electrons. The first kappa shape index (κ1) is 18.2. The quantitative estimate of drug-likeness (QED) is 0.788. The molecule has 1 aromatic carbocycles. The van der Waals surface area contributed by atoms with E-state index in [4.69, 9.17) is 9.47 Å². The molecule has 8 heteroatoms. The molecule has 26 heavy (non-hydrogen) atoms. The van der Waals surface area contributed by atoms with Crippen molar-refractivity contribution in [2.24, 2.45) is 0 Å². The summed E-state index contributed by atoms with van der Waals surface area (Å²) < 4.78 is 10.9. The summed E-state index contributed by atoms with van der Waals surface area (Å²) in [6.45, 7) is 8.82. The average Bonchev–Trinajstić information content (AvgIpc) is 3.01. The molecule has 138 valence electrons. The molecule has 2 N–H and O–H groups in total. The Morgan fingerprint density at radius 3 is 2.38 bits per heavy atom. The second-order valence-corrected chi connectivity index (χ2v) is 7.95. The van der Waals surface area contributed by atoms with Gasteiger partial charge < -0.3 is 9.47 Å². The topological polar surface area (TPSA) is 89.6 Å². The summed E-state index contributed by atoms with van der Waals surface area (Å²) in [5.41, 5.74) is 5.74. The number of hydrazine groups is 1. The molecule has 0 bridgehead atoms. The van der Waals surface area contributed by atoms with Gasteiger partial charge in [-0.25, -0.2) is 4.98 Å². The Balaban J connectivity index is 1.66. The van der Waals surface area contributed by atoms with Crippen LogP contribution in [0.15, 0.2) is 18.2 Å². The highest BCUT2D eigenvalue weighted by molar-refractivity contribution is 7.14. The summed E-state index contributed by atoms with van der Waals surface area (Å²) in [5, 5.41) is 0.873. The smallest absolute Gasteiger partial charge is 0.281 e. The molecule has 3 rings (SSSR count). The number of aryl methyl sites for hydroxylation is 1. The van der Waals surface area contributed by atoms with Crippen molar-refractivity contribution in [3.63, 3.8) is 0 Å². The fourth-order valence-electron chi connectivity index (χ4n) is 2.35. The van der Waals surface area contributed by atoms with Crippen molar-refractivity contribution < 1.29 is 19.1 Å². The number of hydrogen-bond acceptors (Lipinski definition) is 6. The zero-order valence-corrected chi connectivity index (χ0v) is 16.0. The number of amides is 2. The van der Waals surface area contributed by atoms with E-state index >= 15 is 0 Å². The highest BCUT2D eigenvalue weighted by Crippen LogP contribution is 2.31. The van der Waals surface area contributed by atoms with E-state index < -0.39 is 5.91 Å². The molecule has 0 fully saturated rings. The van der Waals surface area contributed by atoms with E-state index in [2.05, 4.69) is 15.8 Å². The third kappa shape index (κ3) is 3.80. The summed E-state index contributed by atoms with van der Waals surface area (Å²) in [6, 6.07) is 4.88. The number of fused-ring (bicyclic) bond motifs is 1. The molecule has 1 aromatic heterocycles. The van der Waals surface area contributed by atoms with E-state index in [-0.39, 0.29) is 11.3 Å². The van der Waals surface area contributed by atoms with Crippen LogP contribution >= 0.6 is 11.3 Å². The first-order valence-corrected chi connectivity index (χ1v) is 9.05. The Bertz CT molecular complexity index is 855. The van der Waals surface area contributed by atoms with Crippen LogP contribution in [-0.4, -0.2) is 30.0 Å². The van der Waals surface area contributed by atoms with Crippen LogP contribution in [0, 0.1) is 6.92 Å². The standard InChI is InChI=1S/C18H21N3O4S/c1-10-14(26-17(19-10)18(2,3)4)16(23)21-20-15(22)11-5-6-12-13(9-11)25-8-7-24-12/h5-6,9H,7-8H2,1-4H3,(H,20,22)(H,21,23). The Morgan fingerprint density at radius 1 is 1.08 bits per heavy atom. The van der Waals surface area contributed by atoms with Crippen LogP contribution in [0.2, 0.25) is 0 Å². The molecule has 1 aliphatic heterocycles. The first-order chi connectivity index (χ1) is 12.3. The molecular formula is C18H21N3O4S. The van der Waals surface area contributed by atoms with Gasteiger partial charge in [-0.15, -0.1) is 11.3 Å². The number of carbonyl (C=O) groups is 2. The maximum absolute atomic E-state index is 12.4. The molecule has 0 unspecified atom stereocenters. The summed E-state index contributed by atoms with van der Waals surface area (Å²) >= 11 is 1.33. The molecule has 1 aliphatic rings. The molecular weight excluding hydrogens is 354 g/mol. The van der Waals surface area contributed by atoms with Crippen molar-refractivity contribution >= 4 is 23.2 Å². The lowest BCUT2D eigenvalue weighted by Crippen LogP contribution is -2.41. The number of ether oxygens (including phenoxy) is 2. The van der Waals surface area contributed by atoms with Crippen molar-refractivity contribution in [3.05, 3.63) is 39.3 Å². The van der Waals surface area contributed by atoms with Crippen molar-refractivity contribution in [1.29, 1.82) is 0 Å². The van der Waals surface area contributed by atoms with Crippen LogP contribution in [0.1, 0.15) is 51.5 Å². The summed E-state index contributed by atoms with van der Waals surface area (Å²) in [6.07, 6.45) is 0. The molecule has 0 spiro atoms. The maximum Gasteiger partial charge on any atom is 0.281 e. The van der Waals surface area contributed by atoms with Gasteiger partial charge in [-0.1, -0.05) is 20.8 Å². The predicted molar refractivity (Wildman–Crippen MR) is 97.9 cm³/mol. The van der Waals surface area contributed by atoms with E-state index in [9.17, 15) is 9.59 Å². The molecule has 7 nitrogen and oxygen atoms in total. The lowest BCUT2D eigenvalue weighted by molar-refractivity contribution is 0.0848. The summed E-state index contributed by atoms with van der Waals surface area (Å²) in [4.78, 5) is 29.6. The number of thiazole rings is 1. The lowest BCUT2D eigenvalue weighted by Gasteiger charge is -2.18. The second-order valence-electron chi connectivity index (χ2n) is 6.95. The third-order valence-corrected chi connectivity index (χ3v) is 5.32. The first-order valence-electron chi connectivity index (χ1n) is 8.24.